The number of aliphatic hydroxyl groups is 1. The van der Waals surface area contributed by atoms with Gasteiger partial charge in [-0.2, -0.15) is 0 Å². The van der Waals surface area contributed by atoms with Crippen molar-refractivity contribution in [2.24, 2.45) is 5.41 Å². The van der Waals surface area contributed by atoms with Crippen LogP contribution in [0.15, 0.2) is 0 Å². The second-order valence-corrected chi connectivity index (χ2v) is 5.18. The Morgan fingerprint density at radius 2 is 2.00 bits per heavy atom. The van der Waals surface area contributed by atoms with Gasteiger partial charge in [-0.15, -0.1) is 0 Å². The first kappa shape index (κ1) is 12.9. The number of rotatable bonds is 6. The Hall–Kier alpha value is -0.120. The van der Waals surface area contributed by atoms with Crippen LogP contribution in [0, 0.1) is 5.41 Å². The Labute approximate surface area is 93.9 Å². The van der Waals surface area contributed by atoms with E-state index in [-0.39, 0.29) is 12.6 Å². The van der Waals surface area contributed by atoms with Crippen LogP contribution >= 0.6 is 0 Å². The quantitative estimate of drug-likeness (QED) is 0.694. The summed E-state index contributed by atoms with van der Waals surface area (Å²) in [6.07, 6.45) is 5.39. The van der Waals surface area contributed by atoms with E-state index < -0.39 is 0 Å². The van der Waals surface area contributed by atoms with E-state index in [9.17, 15) is 0 Å². The summed E-state index contributed by atoms with van der Waals surface area (Å²) in [4.78, 5) is 2.29. The number of hydrogen-bond donors (Lipinski definition) is 2. The van der Waals surface area contributed by atoms with Crippen molar-refractivity contribution in [3.8, 4) is 0 Å². The van der Waals surface area contributed by atoms with Crippen molar-refractivity contribution in [1.82, 2.24) is 10.2 Å². The van der Waals surface area contributed by atoms with E-state index in [1.807, 2.05) is 7.05 Å². The van der Waals surface area contributed by atoms with Crippen LogP contribution in [0.5, 0.6) is 0 Å². The molecule has 0 radical (unpaired) electrons. The van der Waals surface area contributed by atoms with Crippen molar-refractivity contribution >= 4 is 0 Å². The zero-order chi connectivity index (χ0) is 11.3. The summed E-state index contributed by atoms with van der Waals surface area (Å²) in [5, 5.41) is 12.5. The second kappa shape index (κ2) is 5.83. The van der Waals surface area contributed by atoms with Gasteiger partial charge in [0.1, 0.15) is 0 Å². The van der Waals surface area contributed by atoms with E-state index in [0.717, 1.165) is 13.1 Å². The fraction of sp³-hybridized carbons (Fsp3) is 1.00. The zero-order valence-electron chi connectivity index (χ0n) is 10.4. The van der Waals surface area contributed by atoms with E-state index in [1.165, 1.54) is 25.7 Å². The molecule has 0 heterocycles. The largest absolute Gasteiger partial charge is 0.395 e. The highest BCUT2D eigenvalue weighted by atomic mass is 16.3. The minimum Gasteiger partial charge on any atom is -0.395 e. The smallest absolute Gasteiger partial charge is 0.0584 e. The SMILES string of the molecule is CNCC1(CN(C)C(C)CO)CCCC1. The molecule has 2 N–H and O–H groups in total. The van der Waals surface area contributed by atoms with Crippen LogP contribution in [-0.2, 0) is 0 Å². The third-order valence-corrected chi connectivity index (χ3v) is 3.82. The molecular formula is C12H26N2O. The molecular weight excluding hydrogens is 188 g/mol. The lowest BCUT2D eigenvalue weighted by atomic mass is 9.85. The van der Waals surface area contributed by atoms with E-state index >= 15 is 0 Å². The summed E-state index contributed by atoms with van der Waals surface area (Å²) in [7, 11) is 4.16. The molecule has 15 heavy (non-hydrogen) atoms. The van der Waals surface area contributed by atoms with Gasteiger partial charge in [0, 0.05) is 19.1 Å². The van der Waals surface area contributed by atoms with Gasteiger partial charge in [-0.1, -0.05) is 12.8 Å². The maximum atomic E-state index is 9.14. The summed E-state index contributed by atoms with van der Waals surface area (Å²) in [6.45, 7) is 4.55. The molecule has 0 aromatic rings. The molecule has 1 aliphatic rings. The first-order chi connectivity index (χ1) is 7.13. The highest BCUT2D eigenvalue weighted by Crippen LogP contribution is 2.38. The minimum atomic E-state index is 0.256. The van der Waals surface area contributed by atoms with Crippen molar-refractivity contribution in [3.05, 3.63) is 0 Å². The fourth-order valence-electron chi connectivity index (χ4n) is 2.72. The number of aliphatic hydroxyl groups excluding tert-OH is 1. The second-order valence-electron chi connectivity index (χ2n) is 5.18. The molecule has 0 aliphatic heterocycles. The Bertz CT molecular complexity index is 178. The van der Waals surface area contributed by atoms with E-state index in [0.29, 0.717) is 5.41 Å². The van der Waals surface area contributed by atoms with Crippen molar-refractivity contribution in [2.75, 3.05) is 33.8 Å². The van der Waals surface area contributed by atoms with Crippen molar-refractivity contribution in [2.45, 2.75) is 38.6 Å². The van der Waals surface area contributed by atoms with E-state index in [4.69, 9.17) is 5.11 Å². The number of nitrogens with one attached hydrogen (secondary N) is 1. The molecule has 1 saturated carbocycles. The number of hydrogen-bond acceptors (Lipinski definition) is 3. The lowest BCUT2D eigenvalue weighted by Gasteiger charge is -2.35. The van der Waals surface area contributed by atoms with E-state index in [1.54, 1.807) is 0 Å². The normalized spacial score (nSPS) is 22.2. The molecule has 1 aliphatic carbocycles. The van der Waals surface area contributed by atoms with Gasteiger partial charge in [-0.3, -0.25) is 0 Å². The third-order valence-electron chi connectivity index (χ3n) is 3.82. The van der Waals surface area contributed by atoms with Crippen LogP contribution in [0.2, 0.25) is 0 Å². The van der Waals surface area contributed by atoms with Gasteiger partial charge in [-0.05, 0) is 39.3 Å². The zero-order valence-corrected chi connectivity index (χ0v) is 10.4. The molecule has 0 aromatic carbocycles. The van der Waals surface area contributed by atoms with Gasteiger partial charge in [0.25, 0.3) is 0 Å². The van der Waals surface area contributed by atoms with Gasteiger partial charge in [0.15, 0.2) is 0 Å². The first-order valence-corrected chi connectivity index (χ1v) is 6.09. The Morgan fingerprint density at radius 1 is 1.40 bits per heavy atom. The van der Waals surface area contributed by atoms with Gasteiger partial charge >= 0.3 is 0 Å². The lowest BCUT2D eigenvalue weighted by Crippen LogP contribution is -2.44. The average Bonchev–Trinajstić information content (AvgIpc) is 2.65. The van der Waals surface area contributed by atoms with Crippen LogP contribution in [0.3, 0.4) is 0 Å². The number of likely N-dealkylation sites (N-methyl/N-ethyl adjacent to an activating group) is 1. The Kier molecular flexibility index (Phi) is 5.03. The van der Waals surface area contributed by atoms with Crippen molar-refractivity contribution in [3.63, 3.8) is 0 Å². The summed E-state index contributed by atoms with van der Waals surface area (Å²) in [5.41, 5.74) is 0.451. The molecule has 1 unspecified atom stereocenters. The van der Waals surface area contributed by atoms with Crippen molar-refractivity contribution in [1.29, 1.82) is 0 Å². The Balaban J connectivity index is 2.50. The molecule has 0 saturated heterocycles. The molecule has 1 rings (SSSR count). The Morgan fingerprint density at radius 3 is 2.47 bits per heavy atom. The molecule has 90 valence electrons. The predicted molar refractivity (Wildman–Crippen MR) is 64.0 cm³/mol. The maximum Gasteiger partial charge on any atom is 0.0584 e. The summed E-state index contributed by atoms with van der Waals surface area (Å²) in [6, 6.07) is 0.277. The van der Waals surface area contributed by atoms with E-state index in [2.05, 4.69) is 24.2 Å². The van der Waals surface area contributed by atoms with Crippen LogP contribution < -0.4 is 5.32 Å². The molecule has 0 aromatic heterocycles. The molecule has 3 heteroatoms. The topological polar surface area (TPSA) is 35.5 Å². The van der Waals surface area contributed by atoms with Crippen LogP contribution in [0.1, 0.15) is 32.6 Å². The third kappa shape index (κ3) is 3.44. The molecule has 0 amide bonds. The predicted octanol–water partition coefficient (Wildman–Crippen LogP) is 1.08. The van der Waals surface area contributed by atoms with Crippen LogP contribution in [-0.4, -0.2) is 49.8 Å². The molecule has 3 nitrogen and oxygen atoms in total. The van der Waals surface area contributed by atoms with Gasteiger partial charge in [0.05, 0.1) is 6.61 Å². The van der Waals surface area contributed by atoms with Gasteiger partial charge in [0.2, 0.25) is 0 Å². The number of nitrogens with zero attached hydrogens (tertiary/aromatic N) is 1. The van der Waals surface area contributed by atoms with Crippen LogP contribution in [0.4, 0.5) is 0 Å². The molecule has 1 atom stereocenters. The lowest BCUT2D eigenvalue weighted by molar-refractivity contribution is 0.105. The van der Waals surface area contributed by atoms with Gasteiger partial charge < -0.3 is 15.3 Å². The van der Waals surface area contributed by atoms with Crippen LogP contribution in [0.25, 0.3) is 0 Å². The summed E-state index contributed by atoms with van der Waals surface area (Å²) >= 11 is 0. The highest BCUT2D eigenvalue weighted by molar-refractivity contribution is 4.89. The summed E-state index contributed by atoms with van der Waals surface area (Å²) in [5.74, 6) is 0. The summed E-state index contributed by atoms with van der Waals surface area (Å²) < 4.78 is 0. The first-order valence-electron chi connectivity index (χ1n) is 6.09. The highest BCUT2D eigenvalue weighted by Gasteiger charge is 2.34. The average molecular weight is 214 g/mol. The standard InChI is InChI=1S/C12H26N2O/c1-11(8-15)14(3)10-12(9-13-2)6-4-5-7-12/h11,13,15H,4-10H2,1-3H3. The molecule has 0 bridgehead atoms. The molecule has 0 spiro atoms. The van der Waals surface area contributed by atoms with Gasteiger partial charge in [-0.25, -0.2) is 0 Å². The minimum absolute atomic E-state index is 0.256. The monoisotopic (exact) mass is 214 g/mol. The molecule has 1 fully saturated rings. The van der Waals surface area contributed by atoms with Crippen molar-refractivity contribution < 1.29 is 5.11 Å². The maximum absolute atomic E-state index is 9.14. The fourth-order valence-corrected chi connectivity index (χ4v) is 2.72.